The molecule has 2 amide bonds. The number of aromatic nitrogens is 1. The number of para-hydroxylation sites is 1. The highest BCUT2D eigenvalue weighted by Gasteiger charge is 2.24. The molecule has 4 aromatic rings. The van der Waals surface area contributed by atoms with Crippen molar-refractivity contribution in [3.05, 3.63) is 104 Å². The highest BCUT2D eigenvalue weighted by Crippen LogP contribution is 2.28. The Morgan fingerprint density at radius 3 is 2.37 bits per heavy atom. The molecule has 1 unspecified atom stereocenters. The third kappa shape index (κ3) is 6.21. The van der Waals surface area contributed by atoms with Gasteiger partial charge in [0.1, 0.15) is 6.04 Å². The van der Waals surface area contributed by atoms with Crippen LogP contribution in [0.15, 0.2) is 71.8 Å². The van der Waals surface area contributed by atoms with Crippen LogP contribution in [0.3, 0.4) is 0 Å². The van der Waals surface area contributed by atoms with Crippen LogP contribution < -0.4 is 10.7 Å². The lowest BCUT2D eigenvalue weighted by molar-refractivity contribution is -0.123. The molecular weight excluding hydrogens is 543 g/mol. The predicted octanol–water partition coefficient (Wildman–Crippen LogP) is 6.86. The Hall–Kier alpha value is -3.32. The summed E-state index contributed by atoms with van der Waals surface area (Å²) in [6.45, 7) is 6.31. The first-order chi connectivity index (χ1) is 18.2. The Bertz CT molecular complexity index is 1510. The van der Waals surface area contributed by atoms with E-state index in [1.54, 1.807) is 36.5 Å². The lowest BCUT2D eigenvalue weighted by atomic mass is 10.0. The standard InChI is InChI=1S/C29H27Cl3N4O2/c1-17(2)27(34-28(37)20-9-11-21(30)12-10-20)29(38)35-33-15-23-18(3)36(26-7-5-4-6-22(23)26)16-19-8-13-24(31)25(32)14-19/h4-15,17,27H,16H2,1-3H3,(H,34,37)(H,35,38)/b33-15-. The van der Waals surface area contributed by atoms with Gasteiger partial charge >= 0.3 is 0 Å². The van der Waals surface area contributed by atoms with Gasteiger partial charge in [-0.3, -0.25) is 9.59 Å². The van der Waals surface area contributed by atoms with Crippen molar-refractivity contribution in [3.63, 3.8) is 0 Å². The molecular formula is C29H27Cl3N4O2. The van der Waals surface area contributed by atoms with E-state index in [4.69, 9.17) is 34.8 Å². The number of fused-ring (bicyclic) bond motifs is 1. The molecule has 1 atom stereocenters. The normalized spacial score (nSPS) is 12.3. The van der Waals surface area contributed by atoms with Gasteiger partial charge in [-0.05, 0) is 60.9 Å². The molecule has 1 aromatic heterocycles. The Morgan fingerprint density at radius 1 is 0.974 bits per heavy atom. The lowest BCUT2D eigenvalue weighted by Gasteiger charge is -2.20. The molecule has 1 heterocycles. The number of benzene rings is 3. The van der Waals surface area contributed by atoms with Crippen molar-refractivity contribution in [2.24, 2.45) is 11.0 Å². The fourth-order valence-corrected chi connectivity index (χ4v) is 4.68. The van der Waals surface area contributed by atoms with Crippen LogP contribution in [-0.4, -0.2) is 28.6 Å². The molecule has 0 spiro atoms. The van der Waals surface area contributed by atoms with Crippen molar-refractivity contribution in [1.82, 2.24) is 15.3 Å². The van der Waals surface area contributed by atoms with E-state index >= 15 is 0 Å². The minimum absolute atomic E-state index is 0.156. The van der Waals surface area contributed by atoms with Crippen molar-refractivity contribution < 1.29 is 9.59 Å². The minimum atomic E-state index is -0.771. The van der Waals surface area contributed by atoms with Crippen LogP contribution in [0, 0.1) is 12.8 Å². The minimum Gasteiger partial charge on any atom is -0.340 e. The molecule has 9 heteroatoms. The zero-order chi connectivity index (χ0) is 27.4. The van der Waals surface area contributed by atoms with Crippen LogP contribution in [0.2, 0.25) is 15.1 Å². The summed E-state index contributed by atoms with van der Waals surface area (Å²) in [6, 6.07) is 19.3. The predicted molar refractivity (Wildman–Crippen MR) is 156 cm³/mol. The van der Waals surface area contributed by atoms with E-state index in [9.17, 15) is 9.59 Å². The van der Waals surface area contributed by atoms with Crippen LogP contribution >= 0.6 is 34.8 Å². The van der Waals surface area contributed by atoms with Crippen molar-refractivity contribution in [2.75, 3.05) is 0 Å². The summed E-state index contributed by atoms with van der Waals surface area (Å²) in [6.07, 6.45) is 1.64. The number of halogens is 3. The van der Waals surface area contributed by atoms with Gasteiger partial charge in [0.05, 0.1) is 16.3 Å². The molecule has 0 aliphatic heterocycles. The van der Waals surface area contributed by atoms with Gasteiger partial charge in [0.2, 0.25) is 0 Å². The molecule has 0 radical (unpaired) electrons. The second kappa shape index (κ2) is 12.0. The van der Waals surface area contributed by atoms with E-state index in [1.807, 2.05) is 57.2 Å². The molecule has 0 fully saturated rings. The first-order valence-corrected chi connectivity index (χ1v) is 13.2. The number of amides is 2. The third-order valence-corrected chi connectivity index (χ3v) is 7.31. The molecule has 196 valence electrons. The molecule has 0 aliphatic carbocycles. The fraction of sp³-hybridized carbons (Fsp3) is 0.207. The SMILES string of the molecule is Cc1c(/C=N\NC(=O)C(NC(=O)c2ccc(Cl)cc2)C(C)C)c2ccccc2n1Cc1ccc(Cl)c(Cl)c1. The number of nitrogens with one attached hydrogen (secondary N) is 2. The number of nitrogens with zero attached hydrogens (tertiary/aromatic N) is 2. The molecule has 2 N–H and O–H groups in total. The zero-order valence-electron chi connectivity index (χ0n) is 21.1. The topological polar surface area (TPSA) is 75.5 Å². The molecule has 0 saturated carbocycles. The maximum atomic E-state index is 13.0. The van der Waals surface area contributed by atoms with Gasteiger partial charge in [0.25, 0.3) is 11.8 Å². The van der Waals surface area contributed by atoms with E-state index in [0.29, 0.717) is 27.2 Å². The van der Waals surface area contributed by atoms with Crippen LogP contribution in [0.1, 0.15) is 41.0 Å². The number of rotatable bonds is 8. The summed E-state index contributed by atoms with van der Waals surface area (Å²) in [5, 5.41) is 9.58. The second-order valence-corrected chi connectivity index (χ2v) is 10.5. The van der Waals surface area contributed by atoms with E-state index in [0.717, 1.165) is 27.7 Å². The van der Waals surface area contributed by atoms with Crippen LogP contribution in [0.4, 0.5) is 0 Å². The summed E-state index contributed by atoms with van der Waals surface area (Å²) in [5.41, 5.74) is 6.91. The molecule has 0 bridgehead atoms. The van der Waals surface area contributed by atoms with Gasteiger partial charge in [0.15, 0.2) is 0 Å². The van der Waals surface area contributed by atoms with Crippen LogP contribution in [0.25, 0.3) is 10.9 Å². The van der Waals surface area contributed by atoms with Gasteiger partial charge in [-0.15, -0.1) is 0 Å². The summed E-state index contributed by atoms with van der Waals surface area (Å²) >= 11 is 18.2. The van der Waals surface area contributed by atoms with Crippen molar-refractivity contribution in [2.45, 2.75) is 33.4 Å². The van der Waals surface area contributed by atoms with Gasteiger partial charge in [-0.1, -0.05) is 72.9 Å². The lowest BCUT2D eigenvalue weighted by Crippen LogP contribution is -2.48. The number of carbonyl (C=O) groups excluding carboxylic acids is 2. The number of carbonyl (C=O) groups is 2. The molecule has 38 heavy (non-hydrogen) atoms. The Morgan fingerprint density at radius 2 is 1.68 bits per heavy atom. The molecule has 0 saturated heterocycles. The maximum Gasteiger partial charge on any atom is 0.262 e. The van der Waals surface area contributed by atoms with Gasteiger partial charge in [-0.25, -0.2) is 5.43 Å². The summed E-state index contributed by atoms with van der Waals surface area (Å²) < 4.78 is 2.17. The Kier molecular flexibility index (Phi) is 8.77. The average Bonchev–Trinajstić information content (AvgIpc) is 3.15. The largest absolute Gasteiger partial charge is 0.340 e. The van der Waals surface area contributed by atoms with E-state index in [2.05, 4.69) is 20.4 Å². The molecule has 0 aliphatic rings. The van der Waals surface area contributed by atoms with Crippen molar-refractivity contribution in [3.8, 4) is 0 Å². The van der Waals surface area contributed by atoms with E-state index < -0.39 is 11.9 Å². The summed E-state index contributed by atoms with van der Waals surface area (Å²) in [4.78, 5) is 25.6. The number of hydrogen-bond donors (Lipinski definition) is 2. The molecule has 4 rings (SSSR count). The van der Waals surface area contributed by atoms with Gasteiger partial charge in [-0.2, -0.15) is 5.10 Å². The molecule has 6 nitrogen and oxygen atoms in total. The van der Waals surface area contributed by atoms with Gasteiger partial charge < -0.3 is 9.88 Å². The number of hydrogen-bond acceptors (Lipinski definition) is 3. The Balaban J connectivity index is 1.53. The average molecular weight is 570 g/mol. The van der Waals surface area contributed by atoms with Crippen molar-refractivity contribution in [1.29, 1.82) is 0 Å². The van der Waals surface area contributed by atoms with Crippen LogP contribution in [-0.2, 0) is 11.3 Å². The van der Waals surface area contributed by atoms with E-state index in [-0.39, 0.29) is 11.8 Å². The van der Waals surface area contributed by atoms with Crippen molar-refractivity contribution >= 4 is 63.7 Å². The third-order valence-electron chi connectivity index (χ3n) is 6.31. The molecule has 3 aromatic carbocycles. The highest BCUT2D eigenvalue weighted by atomic mass is 35.5. The van der Waals surface area contributed by atoms with Crippen LogP contribution in [0.5, 0.6) is 0 Å². The van der Waals surface area contributed by atoms with E-state index in [1.165, 1.54) is 0 Å². The monoisotopic (exact) mass is 568 g/mol. The Labute approximate surface area is 236 Å². The maximum absolute atomic E-state index is 13.0. The summed E-state index contributed by atoms with van der Waals surface area (Å²) in [5.74, 6) is -0.923. The second-order valence-electron chi connectivity index (χ2n) is 9.29. The van der Waals surface area contributed by atoms with Gasteiger partial charge in [0, 0.05) is 39.3 Å². The smallest absolute Gasteiger partial charge is 0.262 e. The first kappa shape index (κ1) is 27.7. The quantitative estimate of drug-likeness (QED) is 0.180. The number of hydrazone groups is 1. The first-order valence-electron chi connectivity index (χ1n) is 12.1. The highest BCUT2D eigenvalue weighted by molar-refractivity contribution is 6.42. The summed E-state index contributed by atoms with van der Waals surface area (Å²) in [7, 11) is 0. The zero-order valence-corrected chi connectivity index (χ0v) is 23.4. The fourth-order valence-electron chi connectivity index (χ4n) is 4.24.